The second-order valence-electron chi connectivity index (χ2n) is 5.48. The maximum absolute atomic E-state index is 12.2. The van der Waals surface area contributed by atoms with E-state index in [4.69, 9.17) is 4.74 Å². The molecular formula is C13H22N2O2S. The van der Waals surface area contributed by atoms with Gasteiger partial charge >= 0.3 is 5.69 Å². The molecule has 2 rings (SSSR count). The van der Waals surface area contributed by atoms with Gasteiger partial charge in [-0.25, -0.2) is 4.79 Å². The van der Waals surface area contributed by atoms with Crippen molar-refractivity contribution in [1.29, 1.82) is 0 Å². The molecule has 0 aliphatic carbocycles. The van der Waals surface area contributed by atoms with E-state index >= 15 is 0 Å². The van der Waals surface area contributed by atoms with Gasteiger partial charge in [-0.2, -0.15) is 12.6 Å². The summed E-state index contributed by atoms with van der Waals surface area (Å²) in [6.45, 7) is 6.35. The molecule has 0 amide bonds. The molecule has 1 aromatic heterocycles. The van der Waals surface area contributed by atoms with Gasteiger partial charge in [-0.1, -0.05) is 0 Å². The summed E-state index contributed by atoms with van der Waals surface area (Å²) in [7, 11) is 0. The molecule has 1 aromatic rings. The van der Waals surface area contributed by atoms with E-state index in [0.29, 0.717) is 0 Å². The predicted octanol–water partition coefficient (Wildman–Crippen LogP) is 1.96. The standard InChI is InChI=1S/C13H22N2O2S/c1-11(2)15-6-5-14(12(15)16)9-13(10-18)3-7-17-8-4-13/h5-6,11,18H,3-4,7-10H2,1-2H3. The molecule has 4 nitrogen and oxygen atoms in total. The Kier molecular flexibility index (Phi) is 4.22. The van der Waals surface area contributed by atoms with Gasteiger partial charge in [0.2, 0.25) is 0 Å². The van der Waals surface area contributed by atoms with Crippen LogP contribution in [0.5, 0.6) is 0 Å². The van der Waals surface area contributed by atoms with Gasteiger partial charge in [-0.05, 0) is 32.4 Å². The molecule has 0 saturated carbocycles. The van der Waals surface area contributed by atoms with Crippen molar-refractivity contribution in [1.82, 2.24) is 9.13 Å². The monoisotopic (exact) mass is 270 g/mol. The van der Waals surface area contributed by atoms with E-state index in [9.17, 15) is 4.79 Å². The zero-order chi connectivity index (χ0) is 13.2. The molecule has 102 valence electrons. The number of hydrogen-bond acceptors (Lipinski definition) is 3. The molecular weight excluding hydrogens is 248 g/mol. The van der Waals surface area contributed by atoms with Crippen molar-refractivity contribution in [2.45, 2.75) is 39.3 Å². The van der Waals surface area contributed by atoms with Gasteiger partial charge in [0.05, 0.1) is 0 Å². The fourth-order valence-electron chi connectivity index (χ4n) is 2.47. The lowest BCUT2D eigenvalue weighted by Crippen LogP contribution is -2.38. The second kappa shape index (κ2) is 5.53. The lowest BCUT2D eigenvalue weighted by molar-refractivity contribution is 0.0176. The largest absolute Gasteiger partial charge is 0.381 e. The molecule has 0 aromatic carbocycles. The smallest absolute Gasteiger partial charge is 0.328 e. The number of ether oxygens (including phenoxy) is 1. The number of thiol groups is 1. The molecule has 2 heterocycles. The first-order valence-electron chi connectivity index (χ1n) is 6.54. The van der Waals surface area contributed by atoms with E-state index < -0.39 is 0 Å². The van der Waals surface area contributed by atoms with Crippen LogP contribution in [0.15, 0.2) is 17.2 Å². The van der Waals surface area contributed by atoms with Crippen LogP contribution in [0.3, 0.4) is 0 Å². The molecule has 1 saturated heterocycles. The molecule has 1 fully saturated rings. The van der Waals surface area contributed by atoms with Crippen LogP contribution in [0.1, 0.15) is 32.7 Å². The highest BCUT2D eigenvalue weighted by Crippen LogP contribution is 2.33. The fourth-order valence-corrected chi connectivity index (χ4v) is 2.89. The van der Waals surface area contributed by atoms with Crippen LogP contribution >= 0.6 is 12.6 Å². The molecule has 0 N–H and O–H groups in total. The van der Waals surface area contributed by atoms with Crippen LogP contribution in [0, 0.1) is 5.41 Å². The Morgan fingerprint density at radius 2 is 2.06 bits per heavy atom. The van der Waals surface area contributed by atoms with E-state index in [1.54, 1.807) is 4.57 Å². The molecule has 5 heteroatoms. The number of nitrogens with zero attached hydrogens (tertiary/aromatic N) is 2. The summed E-state index contributed by atoms with van der Waals surface area (Å²) in [5.41, 5.74) is 0.187. The van der Waals surface area contributed by atoms with Crippen molar-refractivity contribution in [3.8, 4) is 0 Å². The van der Waals surface area contributed by atoms with Crippen LogP contribution < -0.4 is 5.69 Å². The number of hydrogen-bond donors (Lipinski definition) is 1. The van der Waals surface area contributed by atoms with Gasteiger partial charge in [-0.3, -0.25) is 9.13 Å². The van der Waals surface area contributed by atoms with Crippen molar-refractivity contribution in [3.05, 3.63) is 22.9 Å². The SMILES string of the molecule is CC(C)n1ccn(CC2(CS)CCOCC2)c1=O. The minimum atomic E-state index is 0.0812. The number of aromatic nitrogens is 2. The summed E-state index contributed by atoms with van der Waals surface area (Å²) in [5, 5.41) is 0. The second-order valence-corrected chi connectivity index (χ2v) is 5.80. The molecule has 0 unspecified atom stereocenters. The molecule has 0 radical (unpaired) electrons. The lowest BCUT2D eigenvalue weighted by atomic mass is 9.82. The fraction of sp³-hybridized carbons (Fsp3) is 0.769. The molecule has 0 spiro atoms. The molecule has 1 aliphatic rings. The number of rotatable bonds is 4. The van der Waals surface area contributed by atoms with Gasteiger partial charge in [0.25, 0.3) is 0 Å². The summed E-state index contributed by atoms with van der Waals surface area (Å²) < 4.78 is 9.00. The number of imidazole rings is 1. The Bertz CT molecular complexity index is 444. The molecule has 18 heavy (non-hydrogen) atoms. The zero-order valence-corrected chi connectivity index (χ0v) is 12.0. The van der Waals surface area contributed by atoms with Gasteiger partial charge in [0.15, 0.2) is 0 Å². The van der Waals surface area contributed by atoms with E-state index in [1.807, 2.05) is 30.8 Å². The van der Waals surface area contributed by atoms with E-state index in [1.165, 1.54) is 0 Å². The minimum absolute atomic E-state index is 0.0812. The molecule has 0 atom stereocenters. The van der Waals surface area contributed by atoms with Crippen LogP contribution in [-0.2, 0) is 11.3 Å². The van der Waals surface area contributed by atoms with Gasteiger partial charge in [0.1, 0.15) is 0 Å². The van der Waals surface area contributed by atoms with E-state index in [0.717, 1.165) is 38.4 Å². The maximum Gasteiger partial charge on any atom is 0.328 e. The van der Waals surface area contributed by atoms with Gasteiger partial charge < -0.3 is 4.74 Å². The summed E-state index contributed by atoms with van der Waals surface area (Å²) in [6.07, 6.45) is 5.73. The van der Waals surface area contributed by atoms with Crippen LogP contribution in [0.4, 0.5) is 0 Å². The third kappa shape index (κ3) is 2.67. The third-order valence-electron chi connectivity index (χ3n) is 3.82. The van der Waals surface area contributed by atoms with Crippen LogP contribution in [0.2, 0.25) is 0 Å². The van der Waals surface area contributed by atoms with Crippen molar-refractivity contribution in [2.75, 3.05) is 19.0 Å². The van der Waals surface area contributed by atoms with Crippen LogP contribution in [0.25, 0.3) is 0 Å². The van der Waals surface area contributed by atoms with Crippen molar-refractivity contribution >= 4 is 12.6 Å². The first kappa shape index (κ1) is 13.7. The van der Waals surface area contributed by atoms with Crippen molar-refractivity contribution < 1.29 is 4.74 Å². The van der Waals surface area contributed by atoms with Crippen molar-refractivity contribution in [2.24, 2.45) is 5.41 Å². The van der Waals surface area contributed by atoms with Crippen LogP contribution in [-0.4, -0.2) is 28.1 Å². The van der Waals surface area contributed by atoms with Crippen molar-refractivity contribution in [3.63, 3.8) is 0 Å². The quantitative estimate of drug-likeness (QED) is 0.849. The predicted molar refractivity (Wildman–Crippen MR) is 75.4 cm³/mol. The van der Waals surface area contributed by atoms with E-state index in [-0.39, 0.29) is 17.1 Å². The zero-order valence-electron chi connectivity index (χ0n) is 11.1. The van der Waals surface area contributed by atoms with E-state index in [2.05, 4.69) is 12.6 Å². The summed E-state index contributed by atoms with van der Waals surface area (Å²) >= 11 is 4.48. The first-order valence-corrected chi connectivity index (χ1v) is 7.17. The first-order chi connectivity index (χ1) is 8.58. The Hall–Kier alpha value is -0.680. The molecule has 1 aliphatic heterocycles. The Balaban J connectivity index is 2.19. The Morgan fingerprint density at radius 3 is 2.56 bits per heavy atom. The summed E-state index contributed by atoms with van der Waals surface area (Å²) in [4.78, 5) is 12.2. The highest BCUT2D eigenvalue weighted by molar-refractivity contribution is 7.80. The summed E-state index contributed by atoms with van der Waals surface area (Å²) in [6, 6.07) is 0.209. The Morgan fingerprint density at radius 1 is 1.39 bits per heavy atom. The molecule has 0 bridgehead atoms. The lowest BCUT2D eigenvalue weighted by Gasteiger charge is -2.35. The average molecular weight is 270 g/mol. The normalized spacial score (nSPS) is 19.3. The highest BCUT2D eigenvalue weighted by atomic mass is 32.1. The maximum atomic E-state index is 12.2. The Labute approximate surface area is 113 Å². The van der Waals surface area contributed by atoms with Gasteiger partial charge in [0, 0.05) is 43.6 Å². The van der Waals surface area contributed by atoms with Gasteiger partial charge in [-0.15, -0.1) is 0 Å². The minimum Gasteiger partial charge on any atom is -0.381 e. The topological polar surface area (TPSA) is 36.2 Å². The average Bonchev–Trinajstić information content (AvgIpc) is 2.72. The third-order valence-corrected chi connectivity index (χ3v) is 4.50. The highest BCUT2D eigenvalue weighted by Gasteiger charge is 2.32. The summed E-state index contributed by atoms with van der Waals surface area (Å²) in [5.74, 6) is 0.801.